The molecule has 4 heteroatoms. The summed E-state index contributed by atoms with van der Waals surface area (Å²) in [6.07, 6.45) is 1.04. The van der Waals surface area contributed by atoms with Gasteiger partial charge in [-0.25, -0.2) is 0 Å². The number of benzene rings is 2. The maximum Gasteiger partial charge on any atom is 0.0675 e. The topological polar surface area (TPSA) is 40.2 Å². The number of nitrogens with two attached hydrogens (primary N) is 1. The molecule has 1 atom stereocenters. The van der Waals surface area contributed by atoms with Crippen LogP contribution in [0.3, 0.4) is 0 Å². The Balaban J connectivity index is 1.95. The molecule has 2 heterocycles. The molecule has 3 nitrogen and oxygen atoms in total. The van der Waals surface area contributed by atoms with Crippen LogP contribution in [0.15, 0.2) is 48.5 Å². The van der Waals surface area contributed by atoms with Crippen molar-refractivity contribution in [3.8, 4) is 11.3 Å². The van der Waals surface area contributed by atoms with Crippen molar-refractivity contribution in [3.05, 3.63) is 53.6 Å². The van der Waals surface area contributed by atoms with Gasteiger partial charge in [-0.05, 0) is 48.4 Å². The van der Waals surface area contributed by atoms with E-state index in [0.717, 1.165) is 41.3 Å². The third-order valence-corrected chi connectivity index (χ3v) is 4.53. The Bertz CT molecular complexity index is 817. The number of hydrogen-bond donors (Lipinski definition) is 1. The first-order chi connectivity index (χ1) is 10.7. The van der Waals surface area contributed by atoms with Gasteiger partial charge in [-0.3, -0.25) is 0 Å². The maximum atomic E-state index is 6.02. The van der Waals surface area contributed by atoms with Crippen LogP contribution < -0.4 is 5.73 Å². The van der Waals surface area contributed by atoms with Crippen LogP contribution in [-0.4, -0.2) is 17.8 Å². The summed E-state index contributed by atoms with van der Waals surface area (Å²) in [5.74, 6) is 0. The molecule has 22 heavy (non-hydrogen) atoms. The summed E-state index contributed by atoms with van der Waals surface area (Å²) in [5.41, 5.74) is 10.3. The van der Waals surface area contributed by atoms with E-state index in [1.54, 1.807) is 0 Å². The molecular weight excluding hydrogens is 296 g/mol. The molecule has 0 unspecified atom stereocenters. The number of hydrogen-bond acceptors (Lipinski definition) is 2. The van der Waals surface area contributed by atoms with Gasteiger partial charge in [0.15, 0.2) is 0 Å². The van der Waals surface area contributed by atoms with Crippen LogP contribution in [0.4, 0.5) is 5.69 Å². The number of ether oxygens (including phenoxy) is 1. The van der Waals surface area contributed by atoms with Gasteiger partial charge in [-0.2, -0.15) is 0 Å². The Morgan fingerprint density at radius 3 is 2.64 bits per heavy atom. The smallest absolute Gasteiger partial charge is 0.0675 e. The molecule has 4 rings (SSSR count). The largest absolute Gasteiger partial charge is 0.399 e. The molecule has 0 bridgehead atoms. The first-order valence-electron chi connectivity index (χ1n) is 7.46. The normalized spacial score (nSPS) is 18.1. The van der Waals surface area contributed by atoms with Crippen molar-refractivity contribution >= 4 is 28.2 Å². The van der Waals surface area contributed by atoms with Crippen LogP contribution in [0.5, 0.6) is 0 Å². The average Bonchev–Trinajstić information content (AvgIpc) is 3.14. The van der Waals surface area contributed by atoms with E-state index in [-0.39, 0.29) is 0 Å². The third kappa shape index (κ3) is 2.27. The van der Waals surface area contributed by atoms with Gasteiger partial charge in [-0.15, -0.1) is 0 Å². The van der Waals surface area contributed by atoms with Crippen molar-refractivity contribution < 1.29 is 4.74 Å². The fourth-order valence-corrected chi connectivity index (χ4v) is 3.34. The number of nitrogen functional groups attached to an aromatic ring is 1. The number of halogens is 1. The Kier molecular flexibility index (Phi) is 3.32. The van der Waals surface area contributed by atoms with Gasteiger partial charge in [0, 0.05) is 33.9 Å². The van der Waals surface area contributed by atoms with Crippen LogP contribution in [0.1, 0.15) is 12.5 Å². The second kappa shape index (κ2) is 5.34. The van der Waals surface area contributed by atoms with E-state index in [4.69, 9.17) is 22.1 Å². The third-order valence-electron chi connectivity index (χ3n) is 4.27. The van der Waals surface area contributed by atoms with E-state index in [1.807, 2.05) is 24.3 Å². The quantitative estimate of drug-likeness (QED) is 0.707. The van der Waals surface area contributed by atoms with Crippen LogP contribution in [0.2, 0.25) is 5.02 Å². The molecule has 1 fully saturated rings. The van der Waals surface area contributed by atoms with Crippen LogP contribution in [-0.2, 0) is 4.74 Å². The molecule has 2 N–H and O–H groups in total. The molecule has 0 spiro atoms. The standard InChI is InChI=1S/C18H17ClN2O/c19-14-3-1-12(2-4-14)18-10-13-9-15(20)5-6-17(13)21(18)16-7-8-22-11-16/h1-6,9-10,16H,7-8,11,20H2/t16-/m1/s1. The van der Waals surface area contributed by atoms with Crippen molar-refractivity contribution in [1.29, 1.82) is 0 Å². The fraction of sp³-hybridized carbons (Fsp3) is 0.222. The molecule has 0 saturated carbocycles. The summed E-state index contributed by atoms with van der Waals surface area (Å²) < 4.78 is 7.98. The van der Waals surface area contributed by atoms with E-state index >= 15 is 0 Å². The molecular formula is C18H17ClN2O. The minimum Gasteiger partial charge on any atom is -0.399 e. The van der Waals surface area contributed by atoms with E-state index in [0.29, 0.717) is 6.04 Å². The molecule has 0 amide bonds. The lowest BCUT2D eigenvalue weighted by atomic mass is 10.1. The monoisotopic (exact) mass is 312 g/mol. The van der Waals surface area contributed by atoms with Gasteiger partial charge >= 0.3 is 0 Å². The van der Waals surface area contributed by atoms with Gasteiger partial charge < -0.3 is 15.0 Å². The second-order valence-corrected chi connectivity index (χ2v) is 6.18. The molecule has 112 valence electrons. The van der Waals surface area contributed by atoms with E-state index < -0.39 is 0 Å². The summed E-state index contributed by atoms with van der Waals surface area (Å²) in [4.78, 5) is 0. The maximum absolute atomic E-state index is 6.02. The second-order valence-electron chi connectivity index (χ2n) is 5.74. The highest BCUT2D eigenvalue weighted by Gasteiger charge is 2.22. The zero-order valence-electron chi connectivity index (χ0n) is 12.1. The predicted octanol–water partition coefficient (Wildman–Crippen LogP) is 4.51. The molecule has 1 aliphatic rings. The van der Waals surface area contributed by atoms with Crippen LogP contribution in [0.25, 0.3) is 22.2 Å². The Morgan fingerprint density at radius 2 is 1.91 bits per heavy atom. The number of nitrogens with zero attached hydrogens (tertiary/aromatic N) is 1. The highest BCUT2D eigenvalue weighted by atomic mass is 35.5. The molecule has 2 aromatic carbocycles. The minimum atomic E-state index is 0.367. The Hall–Kier alpha value is -1.97. The van der Waals surface area contributed by atoms with Crippen molar-refractivity contribution in [2.24, 2.45) is 0 Å². The zero-order chi connectivity index (χ0) is 15.1. The molecule has 0 aliphatic carbocycles. The van der Waals surface area contributed by atoms with Crippen molar-refractivity contribution in [2.45, 2.75) is 12.5 Å². The van der Waals surface area contributed by atoms with E-state index in [9.17, 15) is 0 Å². The van der Waals surface area contributed by atoms with Crippen molar-refractivity contribution in [2.75, 3.05) is 18.9 Å². The highest BCUT2D eigenvalue weighted by Crippen LogP contribution is 2.35. The van der Waals surface area contributed by atoms with Gasteiger partial charge in [0.25, 0.3) is 0 Å². The first kappa shape index (κ1) is 13.7. The average molecular weight is 313 g/mol. The van der Waals surface area contributed by atoms with Crippen molar-refractivity contribution in [1.82, 2.24) is 4.57 Å². The van der Waals surface area contributed by atoms with Crippen LogP contribution in [0, 0.1) is 0 Å². The Labute approximate surface area is 134 Å². The van der Waals surface area contributed by atoms with Crippen LogP contribution >= 0.6 is 11.6 Å². The highest BCUT2D eigenvalue weighted by molar-refractivity contribution is 6.30. The zero-order valence-corrected chi connectivity index (χ0v) is 12.9. The van der Waals surface area contributed by atoms with Gasteiger partial charge in [0.05, 0.1) is 12.6 Å². The first-order valence-corrected chi connectivity index (χ1v) is 7.84. The summed E-state index contributed by atoms with van der Waals surface area (Å²) in [7, 11) is 0. The fourth-order valence-electron chi connectivity index (χ4n) is 3.22. The number of fused-ring (bicyclic) bond motifs is 1. The molecule has 3 aromatic rings. The SMILES string of the molecule is Nc1ccc2c(c1)cc(-c1ccc(Cl)cc1)n2[C@@H]1CCOC1. The molecule has 1 aromatic heterocycles. The van der Waals surface area contributed by atoms with Gasteiger partial charge in [0.1, 0.15) is 0 Å². The van der Waals surface area contributed by atoms with Gasteiger partial charge in [-0.1, -0.05) is 23.7 Å². The number of rotatable bonds is 2. The Morgan fingerprint density at radius 1 is 1.09 bits per heavy atom. The minimum absolute atomic E-state index is 0.367. The van der Waals surface area contributed by atoms with Gasteiger partial charge in [0.2, 0.25) is 0 Å². The lowest BCUT2D eigenvalue weighted by Gasteiger charge is -2.17. The summed E-state index contributed by atoms with van der Waals surface area (Å²) in [5, 5.41) is 1.91. The number of aromatic nitrogens is 1. The molecule has 1 saturated heterocycles. The van der Waals surface area contributed by atoms with Crippen molar-refractivity contribution in [3.63, 3.8) is 0 Å². The number of anilines is 1. The summed E-state index contributed by atoms with van der Waals surface area (Å²) in [6.45, 7) is 1.58. The summed E-state index contributed by atoms with van der Waals surface area (Å²) >= 11 is 6.02. The lowest BCUT2D eigenvalue weighted by Crippen LogP contribution is -2.09. The van der Waals surface area contributed by atoms with E-state index in [1.165, 1.54) is 11.2 Å². The predicted molar refractivity (Wildman–Crippen MR) is 91.3 cm³/mol. The van der Waals surface area contributed by atoms with E-state index in [2.05, 4.69) is 28.8 Å². The summed E-state index contributed by atoms with van der Waals surface area (Å²) in [6, 6.07) is 16.6. The lowest BCUT2D eigenvalue weighted by molar-refractivity contribution is 0.187. The molecule has 0 radical (unpaired) electrons. The molecule has 1 aliphatic heterocycles.